The molecule has 0 aliphatic rings. The van der Waals surface area contributed by atoms with Crippen LogP contribution in [0.3, 0.4) is 0 Å². The largest absolute Gasteiger partial charge is 0.0622 e. The fourth-order valence-electron chi connectivity index (χ4n) is 7.86. The maximum absolute atomic E-state index is 3.58. The number of benzene rings is 10. The number of rotatable bonds is 3. The van der Waals surface area contributed by atoms with Gasteiger partial charge in [-0.15, -0.1) is 0 Å². The average Bonchev–Trinajstić information content (AvgIpc) is 3.32. The van der Waals surface area contributed by atoms with Gasteiger partial charge in [-0.3, -0.25) is 0 Å². The SMILES string of the molecule is C(#Cc1cc2ccccc2cc1-c1ccccc1)c1cc(C#Cc2cc3ccccc3cc2-c2ccccc2)cc(C#Cc2cc3ccccc3cc2-c2ccccc2)c1. The van der Waals surface area contributed by atoms with Gasteiger partial charge in [-0.05, 0) is 120 Å². The maximum Gasteiger partial charge on any atom is 0.0333 e. The van der Waals surface area contributed by atoms with Gasteiger partial charge in [0.25, 0.3) is 0 Å². The van der Waals surface area contributed by atoms with Crippen molar-refractivity contribution in [1.82, 2.24) is 0 Å². The summed E-state index contributed by atoms with van der Waals surface area (Å²) in [5.41, 5.74) is 12.2. The van der Waals surface area contributed by atoms with E-state index >= 15 is 0 Å². The third kappa shape index (κ3) is 7.69. The minimum atomic E-state index is 0.849. The first kappa shape index (κ1) is 36.0. The van der Waals surface area contributed by atoms with E-state index in [4.69, 9.17) is 0 Å². The minimum Gasteiger partial charge on any atom is -0.0622 e. The van der Waals surface area contributed by atoms with Crippen molar-refractivity contribution in [2.75, 3.05) is 0 Å². The molecule has 0 amide bonds. The first-order valence-electron chi connectivity index (χ1n) is 20.2. The highest BCUT2D eigenvalue weighted by Gasteiger charge is 2.09. The van der Waals surface area contributed by atoms with Crippen LogP contribution >= 0.6 is 0 Å². The van der Waals surface area contributed by atoms with Gasteiger partial charge in [-0.25, -0.2) is 0 Å². The van der Waals surface area contributed by atoms with Crippen molar-refractivity contribution >= 4 is 32.3 Å². The second-order valence-corrected chi connectivity index (χ2v) is 14.9. The molecule has 0 spiro atoms. The van der Waals surface area contributed by atoms with E-state index in [1.54, 1.807) is 0 Å². The molecule has 10 rings (SSSR count). The molecule has 0 bridgehead atoms. The van der Waals surface area contributed by atoms with Crippen LogP contribution in [-0.4, -0.2) is 0 Å². The Morgan fingerprint density at radius 2 is 0.433 bits per heavy atom. The van der Waals surface area contributed by atoms with Crippen molar-refractivity contribution in [3.8, 4) is 68.9 Å². The topological polar surface area (TPSA) is 0 Å². The van der Waals surface area contributed by atoms with Gasteiger partial charge >= 0.3 is 0 Å². The highest BCUT2D eigenvalue weighted by molar-refractivity contribution is 5.93. The molecule has 10 aromatic carbocycles. The molecular weight excluding hydrogens is 721 g/mol. The zero-order chi connectivity index (χ0) is 40.1. The van der Waals surface area contributed by atoms with Gasteiger partial charge in [-0.2, -0.15) is 0 Å². The van der Waals surface area contributed by atoms with E-state index in [0.717, 1.165) is 82.9 Å². The Hall–Kier alpha value is -8.34. The predicted molar refractivity (Wildman–Crippen MR) is 253 cm³/mol. The molecule has 0 heterocycles. The van der Waals surface area contributed by atoms with Crippen LogP contribution in [0.2, 0.25) is 0 Å². The Kier molecular flexibility index (Phi) is 9.76. The molecule has 0 radical (unpaired) electrons. The molecule has 0 aliphatic heterocycles. The molecule has 0 unspecified atom stereocenters. The number of hydrogen-bond acceptors (Lipinski definition) is 0. The second-order valence-electron chi connectivity index (χ2n) is 14.9. The first-order chi connectivity index (χ1) is 29.7. The summed E-state index contributed by atoms with van der Waals surface area (Å²) in [5, 5.41) is 7.02. The van der Waals surface area contributed by atoms with Crippen LogP contribution in [0.1, 0.15) is 33.4 Å². The third-order valence-electron chi connectivity index (χ3n) is 10.9. The summed E-state index contributed by atoms with van der Waals surface area (Å²) in [5.74, 6) is 21.4. The molecule has 276 valence electrons. The van der Waals surface area contributed by atoms with Crippen LogP contribution in [0.4, 0.5) is 0 Å². The third-order valence-corrected chi connectivity index (χ3v) is 10.9. The van der Waals surface area contributed by atoms with Crippen LogP contribution in [0, 0.1) is 35.5 Å². The Morgan fingerprint density at radius 1 is 0.200 bits per heavy atom. The lowest BCUT2D eigenvalue weighted by Crippen LogP contribution is -1.89. The lowest BCUT2D eigenvalue weighted by Gasteiger charge is -2.08. The zero-order valence-corrected chi connectivity index (χ0v) is 32.8. The predicted octanol–water partition coefficient (Wildman–Crippen LogP) is 14.3. The van der Waals surface area contributed by atoms with Crippen molar-refractivity contribution in [1.29, 1.82) is 0 Å². The fraction of sp³-hybridized carbons (Fsp3) is 0. The molecule has 0 saturated carbocycles. The molecular formula is C60H36. The Labute approximate surface area is 351 Å². The smallest absolute Gasteiger partial charge is 0.0333 e. The van der Waals surface area contributed by atoms with Crippen molar-refractivity contribution in [3.05, 3.63) is 252 Å². The standard InChI is InChI=1S/C60H36/c1-4-16-46(17-5-1)58-40-52-25-13-10-22-49(52)37-55(58)31-28-43-34-44(29-32-56-38-50-23-11-14-26-53(50)41-59(56)47-18-6-2-7-19-47)36-45(35-43)30-33-57-39-51-24-12-15-27-54(51)42-60(57)48-20-8-3-9-21-48/h1-27,34-42H. The summed E-state index contributed by atoms with van der Waals surface area (Å²) in [6, 6.07) is 76.4. The summed E-state index contributed by atoms with van der Waals surface area (Å²) in [6.45, 7) is 0. The molecule has 10 aromatic rings. The van der Waals surface area contributed by atoms with Crippen LogP contribution in [-0.2, 0) is 0 Å². The molecule has 0 fully saturated rings. The van der Waals surface area contributed by atoms with Gasteiger partial charge < -0.3 is 0 Å². The summed E-state index contributed by atoms with van der Waals surface area (Å²) < 4.78 is 0. The molecule has 0 aromatic heterocycles. The summed E-state index contributed by atoms with van der Waals surface area (Å²) >= 11 is 0. The Morgan fingerprint density at radius 3 is 0.700 bits per heavy atom. The van der Waals surface area contributed by atoms with E-state index in [1.165, 1.54) is 16.2 Å². The number of fused-ring (bicyclic) bond motifs is 3. The summed E-state index contributed by atoms with van der Waals surface area (Å²) in [4.78, 5) is 0. The van der Waals surface area contributed by atoms with Crippen LogP contribution in [0.25, 0.3) is 65.7 Å². The molecule has 0 nitrogen and oxygen atoms in total. The van der Waals surface area contributed by atoms with Crippen LogP contribution < -0.4 is 0 Å². The van der Waals surface area contributed by atoms with E-state index in [9.17, 15) is 0 Å². The lowest BCUT2D eigenvalue weighted by molar-refractivity contribution is 1.55. The van der Waals surface area contributed by atoms with E-state index in [-0.39, 0.29) is 0 Å². The Balaban J connectivity index is 1.13. The fourth-order valence-corrected chi connectivity index (χ4v) is 7.86. The van der Waals surface area contributed by atoms with Gasteiger partial charge in [0.05, 0.1) is 0 Å². The molecule has 0 aliphatic carbocycles. The normalized spacial score (nSPS) is 10.6. The first-order valence-corrected chi connectivity index (χ1v) is 20.2. The monoisotopic (exact) mass is 756 g/mol. The lowest BCUT2D eigenvalue weighted by atomic mass is 9.95. The quantitative estimate of drug-likeness (QED) is 0.158. The summed E-state index contributed by atoms with van der Waals surface area (Å²) in [6.07, 6.45) is 0. The summed E-state index contributed by atoms with van der Waals surface area (Å²) in [7, 11) is 0. The minimum absolute atomic E-state index is 0.849. The van der Waals surface area contributed by atoms with E-state index in [2.05, 4.69) is 236 Å². The van der Waals surface area contributed by atoms with Crippen molar-refractivity contribution in [2.24, 2.45) is 0 Å². The van der Waals surface area contributed by atoms with Crippen molar-refractivity contribution in [3.63, 3.8) is 0 Å². The van der Waals surface area contributed by atoms with Gasteiger partial charge in [-0.1, -0.05) is 199 Å². The molecule has 60 heavy (non-hydrogen) atoms. The highest BCUT2D eigenvalue weighted by Crippen LogP contribution is 2.31. The molecule has 0 heteroatoms. The highest BCUT2D eigenvalue weighted by atomic mass is 14.1. The van der Waals surface area contributed by atoms with Gasteiger partial charge in [0.2, 0.25) is 0 Å². The van der Waals surface area contributed by atoms with Crippen LogP contribution in [0.15, 0.2) is 218 Å². The maximum atomic E-state index is 3.58. The van der Waals surface area contributed by atoms with Gasteiger partial charge in [0.15, 0.2) is 0 Å². The van der Waals surface area contributed by atoms with E-state index < -0.39 is 0 Å². The van der Waals surface area contributed by atoms with Gasteiger partial charge in [0, 0.05) is 33.4 Å². The van der Waals surface area contributed by atoms with Crippen molar-refractivity contribution in [2.45, 2.75) is 0 Å². The zero-order valence-electron chi connectivity index (χ0n) is 32.8. The second kappa shape index (κ2) is 16.3. The molecule has 0 N–H and O–H groups in total. The van der Waals surface area contributed by atoms with E-state index in [0.29, 0.717) is 0 Å². The van der Waals surface area contributed by atoms with Crippen LogP contribution in [0.5, 0.6) is 0 Å². The molecule has 0 saturated heterocycles. The average molecular weight is 757 g/mol. The molecule has 0 atom stereocenters. The van der Waals surface area contributed by atoms with Gasteiger partial charge in [0.1, 0.15) is 0 Å². The Bertz CT molecular complexity index is 3030. The van der Waals surface area contributed by atoms with E-state index in [1.807, 2.05) is 18.2 Å². The number of hydrogen-bond donors (Lipinski definition) is 0. The van der Waals surface area contributed by atoms with Crippen molar-refractivity contribution < 1.29 is 0 Å².